The van der Waals surface area contributed by atoms with E-state index in [1.165, 1.54) is 0 Å². The van der Waals surface area contributed by atoms with Gasteiger partial charge in [0.25, 0.3) is 0 Å². The molecule has 154 valence electrons. The van der Waals surface area contributed by atoms with Crippen LogP contribution in [0.4, 0.5) is 0 Å². The van der Waals surface area contributed by atoms with Gasteiger partial charge in [-0.3, -0.25) is 0 Å². The van der Waals surface area contributed by atoms with E-state index in [9.17, 15) is 9.59 Å². The lowest BCUT2D eigenvalue weighted by Gasteiger charge is -2.21. The normalized spacial score (nSPS) is 10.7. The van der Waals surface area contributed by atoms with Crippen molar-refractivity contribution in [1.82, 2.24) is 0 Å². The number of rotatable bonds is 6. The van der Waals surface area contributed by atoms with Gasteiger partial charge in [0.2, 0.25) is 0 Å². The van der Waals surface area contributed by atoms with E-state index in [1.54, 1.807) is 48.5 Å². The van der Waals surface area contributed by atoms with Crippen LogP contribution in [0.3, 0.4) is 0 Å². The molecular weight excluding hydrogens is 376 g/mol. The second-order valence-electron chi connectivity index (χ2n) is 7.44. The summed E-state index contributed by atoms with van der Waals surface area (Å²) in [7, 11) is 0. The number of ether oxygens (including phenoxy) is 2. The van der Waals surface area contributed by atoms with Crippen LogP contribution >= 0.6 is 0 Å². The van der Waals surface area contributed by atoms with Crippen molar-refractivity contribution < 1.29 is 19.1 Å². The lowest BCUT2D eigenvalue weighted by atomic mass is 9.92. The molecule has 0 aromatic heterocycles. The molecule has 4 nitrogen and oxygen atoms in total. The first-order chi connectivity index (χ1) is 14.4. The average molecular weight is 402 g/mol. The van der Waals surface area contributed by atoms with E-state index >= 15 is 0 Å². The highest BCUT2D eigenvalue weighted by molar-refractivity contribution is 5.93. The van der Waals surface area contributed by atoms with Gasteiger partial charge in [-0.05, 0) is 54.7 Å². The van der Waals surface area contributed by atoms with Gasteiger partial charge in [0.15, 0.2) is 11.5 Å². The summed E-state index contributed by atoms with van der Waals surface area (Å²) in [5.74, 6) is -0.141. The van der Waals surface area contributed by atoms with Gasteiger partial charge in [0.1, 0.15) is 0 Å². The maximum atomic E-state index is 12.8. The van der Waals surface area contributed by atoms with E-state index in [0.29, 0.717) is 23.3 Å². The van der Waals surface area contributed by atoms with Crippen LogP contribution in [-0.2, 0) is 6.42 Å². The van der Waals surface area contributed by atoms with E-state index in [-0.39, 0.29) is 11.7 Å². The molecule has 0 aliphatic heterocycles. The van der Waals surface area contributed by atoms with Crippen molar-refractivity contribution in [3.8, 4) is 11.5 Å². The molecule has 0 fully saturated rings. The van der Waals surface area contributed by atoms with Gasteiger partial charge in [-0.15, -0.1) is 0 Å². The van der Waals surface area contributed by atoms with Crippen molar-refractivity contribution in [1.29, 1.82) is 0 Å². The molecule has 0 N–H and O–H groups in total. The van der Waals surface area contributed by atoms with Crippen LogP contribution in [-0.4, -0.2) is 11.9 Å². The molecule has 3 rings (SSSR count). The van der Waals surface area contributed by atoms with Crippen LogP contribution < -0.4 is 9.47 Å². The van der Waals surface area contributed by atoms with Gasteiger partial charge >= 0.3 is 11.9 Å². The van der Waals surface area contributed by atoms with Gasteiger partial charge < -0.3 is 9.47 Å². The molecule has 0 radical (unpaired) electrons. The summed E-state index contributed by atoms with van der Waals surface area (Å²) < 4.78 is 11.6. The Balaban J connectivity index is 2.08. The molecule has 0 amide bonds. The molecule has 3 aromatic rings. The first-order valence-electron chi connectivity index (χ1n) is 10.1. The number of benzene rings is 3. The lowest BCUT2D eigenvalue weighted by Crippen LogP contribution is -2.16. The predicted molar refractivity (Wildman–Crippen MR) is 117 cm³/mol. The van der Waals surface area contributed by atoms with Gasteiger partial charge in [0.05, 0.1) is 11.1 Å². The van der Waals surface area contributed by atoms with E-state index < -0.39 is 11.9 Å². The third-order valence-corrected chi connectivity index (χ3v) is 4.94. The van der Waals surface area contributed by atoms with Crippen molar-refractivity contribution in [2.24, 2.45) is 0 Å². The Bertz CT molecular complexity index is 1040. The van der Waals surface area contributed by atoms with E-state index in [2.05, 4.69) is 13.8 Å². The second kappa shape index (κ2) is 9.40. The summed E-state index contributed by atoms with van der Waals surface area (Å²) in [6, 6.07) is 19.6. The van der Waals surface area contributed by atoms with Crippen molar-refractivity contribution in [2.75, 3.05) is 0 Å². The molecule has 3 aromatic carbocycles. The van der Waals surface area contributed by atoms with E-state index in [4.69, 9.17) is 9.47 Å². The smallest absolute Gasteiger partial charge is 0.343 e. The number of hydrogen-bond donors (Lipinski definition) is 0. The number of aryl methyl sites for hydroxylation is 1. The zero-order valence-corrected chi connectivity index (χ0v) is 17.8. The third kappa shape index (κ3) is 4.60. The zero-order valence-electron chi connectivity index (χ0n) is 17.8. The molecule has 0 unspecified atom stereocenters. The molecule has 0 atom stereocenters. The van der Waals surface area contributed by atoms with Crippen molar-refractivity contribution in [3.63, 3.8) is 0 Å². The summed E-state index contributed by atoms with van der Waals surface area (Å²) in [6.45, 7) is 8.04. The number of hydrogen-bond acceptors (Lipinski definition) is 4. The first kappa shape index (κ1) is 21.3. The predicted octanol–water partition coefficient (Wildman–Crippen LogP) is 6.12. The number of carbonyl (C=O) groups is 2. The summed E-state index contributed by atoms with van der Waals surface area (Å²) in [6.07, 6.45) is 0.640. The Morgan fingerprint density at radius 2 is 1.27 bits per heavy atom. The highest BCUT2D eigenvalue weighted by atomic mass is 16.6. The molecule has 0 aliphatic rings. The van der Waals surface area contributed by atoms with Crippen LogP contribution in [0.5, 0.6) is 11.5 Å². The number of esters is 2. The van der Waals surface area contributed by atoms with Crippen LogP contribution in [0.15, 0.2) is 66.7 Å². The molecule has 4 heteroatoms. The van der Waals surface area contributed by atoms with E-state index in [0.717, 1.165) is 16.7 Å². The van der Waals surface area contributed by atoms with Crippen molar-refractivity contribution in [2.45, 2.75) is 40.0 Å². The Morgan fingerprint density at radius 3 is 1.70 bits per heavy atom. The van der Waals surface area contributed by atoms with Gasteiger partial charge in [0, 0.05) is 5.56 Å². The fourth-order valence-corrected chi connectivity index (χ4v) is 3.40. The minimum absolute atomic E-state index is 0.228. The molecule has 0 heterocycles. The topological polar surface area (TPSA) is 52.6 Å². The largest absolute Gasteiger partial charge is 0.419 e. The Labute approximate surface area is 177 Å². The van der Waals surface area contributed by atoms with E-state index in [1.807, 2.05) is 32.0 Å². The molecule has 0 spiro atoms. The quantitative estimate of drug-likeness (QED) is 0.368. The molecular formula is C26H26O4. The van der Waals surface area contributed by atoms with Crippen LogP contribution in [0.2, 0.25) is 0 Å². The number of carbonyl (C=O) groups excluding carboxylic acids is 2. The zero-order chi connectivity index (χ0) is 21.7. The van der Waals surface area contributed by atoms with Crippen LogP contribution in [0.1, 0.15) is 64.1 Å². The summed E-state index contributed by atoms with van der Waals surface area (Å²) in [4.78, 5) is 25.5. The fourth-order valence-electron chi connectivity index (χ4n) is 3.40. The first-order valence-corrected chi connectivity index (χ1v) is 10.1. The molecule has 0 aliphatic carbocycles. The standard InChI is InChI=1S/C26H26O4/c1-5-21-22(17(2)3)16-18(4)23(29-25(27)19-12-8-6-9-13-19)24(21)30-26(28)20-14-10-7-11-15-20/h6-17H,5H2,1-4H3. The average Bonchev–Trinajstić information content (AvgIpc) is 2.76. The third-order valence-electron chi connectivity index (χ3n) is 4.94. The van der Waals surface area contributed by atoms with Gasteiger partial charge in [-0.2, -0.15) is 0 Å². The maximum Gasteiger partial charge on any atom is 0.343 e. The van der Waals surface area contributed by atoms with Crippen LogP contribution in [0.25, 0.3) is 0 Å². The SMILES string of the molecule is CCc1c(C(C)C)cc(C)c(OC(=O)c2ccccc2)c1OC(=O)c1ccccc1. The van der Waals surface area contributed by atoms with Crippen molar-refractivity contribution in [3.05, 3.63) is 94.5 Å². The lowest BCUT2D eigenvalue weighted by molar-refractivity contribution is 0.0680. The minimum atomic E-state index is -0.491. The van der Waals surface area contributed by atoms with Gasteiger partial charge in [-0.25, -0.2) is 9.59 Å². The molecule has 0 saturated carbocycles. The summed E-state index contributed by atoms with van der Waals surface area (Å²) in [5.41, 5.74) is 3.56. The van der Waals surface area contributed by atoms with Gasteiger partial charge in [-0.1, -0.05) is 63.2 Å². The fraction of sp³-hybridized carbons (Fsp3) is 0.231. The molecule has 0 bridgehead atoms. The highest BCUT2D eigenvalue weighted by Gasteiger charge is 2.24. The molecule has 0 saturated heterocycles. The minimum Gasteiger partial charge on any atom is -0.419 e. The highest BCUT2D eigenvalue weighted by Crippen LogP contribution is 2.41. The summed E-state index contributed by atoms with van der Waals surface area (Å²) in [5, 5.41) is 0. The summed E-state index contributed by atoms with van der Waals surface area (Å²) >= 11 is 0. The molecule has 30 heavy (non-hydrogen) atoms. The Morgan fingerprint density at radius 1 is 0.800 bits per heavy atom. The Hall–Kier alpha value is -3.40. The maximum absolute atomic E-state index is 12.8. The van der Waals surface area contributed by atoms with Crippen LogP contribution in [0, 0.1) is 6.92 Å². The monoisotopic (exact) mass is 402 g/mol. The Kier molecular flexibility index (Phi) is 6.68. The van der Waals surface area contributed by atoms with Crippen molar-refractivity contribution >= 4 is 11.9 Å². The second-order valence-corrected chi connectivity index (χ2v) is 7.44.